The summed E-state index contributed by atoms with van der Waals surface area (Å²) in [7, 11) is -3.48. The molecule has 0 spiro atoms. The number of hydrogen-bond donors (Lipinski definition) is 1. The maximum atomic E-state index is 12.2. The number of halogens is 1. The van der Waals surface area contributed by atoms with Gasteiger partial charge in [0.25, 0.3) is 0 Å². The van der Waals surface area contributed by atoms with Crippen molar-refractivity contribution in [3.05, 3.63) is 28.2 Å². The van der Waals surface area contributed by atoms with Gasteiger partial charge in [0.2, 0.25) is 10.0 Å². The van der Waals surface area contributed by atoms with E-state index in [9.17, 15) is 8.42 Å². The quantitative estimate of drug-likeness (QED) is 0.922. The average molecular weight is 334 g/mol. The highest BCUT2D eigenvalue weighted by atomic mass is 79.9. The van der Waals surface area contributed by atoms with Crippen LogP contribution in [0.2, 0.25) is 0 Å². The molecule has 1 atom stereocenters. The lowest BCUT2D eigenvalue weighted by Gasteiger charge is -2.23. The van der Waals surface area contributed by atoms with E-state index in [4.69, 9.17) is 4.74 Å². The zero-order valence-corrected chi connectivity index (χ0v) is 12.6. The highest BCUT2D eigenvalue weighted by Crippen LogP contribution is 2.23. The Morgan fingerprint density at radius 2 is 2.22 bits per heavy atom. The normalized spacial score (nSPS) is 20.9. The number of sulfonamides is 1. The molecular weight excluding hydrogens is 318 g/mol. The fourth-order valence-electron chi connectivity index (χ4n) is 1.94. The van der Waals surface area contributed by atoms with Crippen LogP contribution in [-0.4, -0.2) is 27.7 Å². The molecular formula is C12H16BrNO3S. The number of ether oxygens (including phenoxy) is 1. The lowest BCUT2D eigenvalue weighted by molar-refractivity contribution is 0.0774. The predicted octanol–water partition coefficient (Wildman–Crippen LogP) is 2.21. The van der Waals surface area contributed by atoms with Crippen molar-refractivity contribution in [3.8, 4) is 0 Å². The molecule has 1 N–H and O–H groups in total. The van der Waals surface area contributed by atoms with E-state index >= 15 is 0 Å². The van der Waals surface area contributed by atoms with Crippen LogP contribution >= 0.6 is 15.9 Å². The van der Waals surface area contributed by atoms with Gasteiger partial charge in [-0.3, -0.25) is 0 Å². The third-order valence-electron chi connectivity index (χ3n) is 2.86. The van der Waals surface area contributed by atoms with Crippen LogP contribution in [0.1, 0.15) is 18.4 Å². The van der Waals surface area contributed by atoms with Crippen LogP contribution in [-0.2, 0) is 14.8 Å². The van der Waals surface area contributed by atoms with E-state index in [1.165, 1.54) is 0 Å². The van der Waals surface area contributed by atoms with Gasteiger partial charge in [-0.2, -0.15) is 0 Å². The van der Waals surface area contributed by atoms with E-state index in [0.29, 0.717) is 17.7 Å². The average Bonchev–Trinajstić information content (AvgIpc) is 2.29. The Balaban J connectivity index is 2.19. The number of hydrogen-bond acceptors (Lipinski definition) is 3. The number of aryl methyl sites for hydroxylation is 1. The summed E-state index contributed by atoms with van der Waals surface area (Å²) in [5.74, 6) is 0. The Morgan fingerprint density at radius 3 is 2.83 bits per heavy atom. The van der Waals surface area contributed by atoms with Crippen molar-refractivity contribution in [2.24, 2.45) is 0 Å². The highest BCUT2D eigenvalue weighted by molar-refractivity contribution is 9.10. The van der Waals surface area contributed by atoms with E-state index in [1.54, 1.807) is 18.2 Å². The van der Waals surface area contributed by atoms with E-state index in [0.717, 1.165) is 18.4 Å². The summed E-state index contributed by atoms with van der Waals surface area (Å²) in [4.78, 5) is 0.277. The van der Waals surface area contributed by atoms with Gasteiger partial charge in [-0.05, 0) is 53.4 Å². The molecule has 1 saturated heterocycles. The van der Waals surface area contributed by atoms with Gasteiger partial charge in [-0.1, -0.05) is 6.07 Å². The molecule has 0 bridgehead atoms. The number of rotatable bonds is 3. The van der Waals surface area contributed by atoms with E-state index in [2.05, 4.69) is 20.7 Å². The van der Waals surface area contributed by atoms with Crippen LogP contribution in [0.3, 0.4) is 0 Å². The molecule has 6 heteroatoms. The zero-order valence-electron chi connectivity index (χ0n) is 10.1. The molecule has 1 aliphatic rings. The van der Waals surface area contributed by atoms with Gasteiger partial charge < -0.3 is 4.74 Å². The second-order valence-corrected chi connectivity index (χ2v) is 7.01. The first kappa shape index (κ1) is 14.0. The zero-order chi connectivity index (χ0) is 13.2. The van der Waals surface area contributed by atoms with Crippen molar-refractivity contribution < 1.29 is 13.2 Å². The second-order valence-electron chi connectivity index (χ2n) is 4.47. The third-order valence-corrected chi connectivity index (χ3v) is 5.36. The van der Waals surface area contributed by atoms with Gasteiger partial charge in [0.15, 0.2) is 0 Å². The largest absolute Gasteiger partial charge is 0.380 e. The molecule has 0 aromatic heterocycles. The lowest BCUT2D eigenvalue weighted by Crippen LogP contribution is -2.40. The van der Waals surface area contributed by atoms with Crippen molar-refractivity contribution in [2.75, 3.05) is 13.2 Å². The molecule has 1 unspecified atom stereocenters. The molecule has 0 aliphatic carbocycles. The van der Waals surface area contributed by atoms with Crippen LogP contribution in [0.15, 0.2) is 27.6 Å². The molecule has 2 rings (SSSR count). The second kappa shape index (κ2) is 5.69. The first-order chi connectivity index (χ1) is 8.49. The van der Waals surface area contributed by atoms with E-state index < -0.39 is 10.0 Å². The van der Waals surface area contributed by atoms with Gasteiger partial charge >= 0.3 is 0 Å². The SMILES string of the molecule is Cc1ccc(S(=O)(=O)NC2CCCOC2)c(Br)c1. The molecule has 1 aromatic rings. The Bertz CT molecular complexity index is 524. The Morgan fingerprint density at radius 1 is 1.44 bits per heavy atom. The topological polar surface area (TPSA) is 55.4 Å². The van der Waals surface area contributed by atoms with Crippen molar-refractivity contribution in [3.63, 3.8) is 0 Å². The summed E-state index contributed by atoms with van der Waals surface area (Å²) >= 11 is 3.30. The molecule has 1 aliphatic heterocycles. The highest BCUT2D eigenvalue weighted by Gasteiger charge is 2.23. The van der Waals surface area contributed by atoms with E-state index in [1.807, 2.05) is 6.92 Å². The van der Waals surface area contributed by atoms with Crippen LogP contribution in [0.5, 0.6) is 0 Å². The van der Waals surface area contributed by atoms with Gasteiger partial charge in [-0.15, -0.1) is 0 Å². The molecule has 18 heavy (non-hydrogen) atoms. The van der Waals surface area contributed by atoms with Crippen LogP contribution < -0.4 is 4.72 Å². The molecule has 0 radical (unpaired) electrons. The molecule has 100 valence electrons. The minimum Gasteiger partial charge on any atom is -0.380 e. The lowest BCUT2D eigenvalue weighted by atomic mass is 10.1. The monoisotopic (exact) mass is 333 g/mol. The van der Waals surface area contributed by atoms with Crippen molar-refractivity contribution >= 4 is 26.0 Å². The summed E-state index contributed by atoms with van der Waals surface area (Å²) in [5.41, 5.74) is 1.02. The minimum atomic E-state index is -3.48. The molecule has 0 saturated carbocycles. The smallest absolute Gasteiger partial charge is 0.242 e. The Labute approximate surface area is 116 Å². The maximum Gasteiger partial charge on any atom is 0.242 e. The van der Waals surface area contributed by atoms with Crippen LogP contribution in [0.4, 0.5) is 0 Å². The summed E-state index contributed by atoms with van der Waals surface area (Å²) in [6, 6.07) is 5.07. The first-order valence-electron chi connectivity index (χ1n) is 5.85. The van der Waals surface area contributed by atoms with Gasteiger partial charge in [0.1, 0.15) is 0 Å². The molecule has 4 nitrogen and oxygen atoms in total. The first-order valence-corrected chi connectivity index (χ1v) is 8.13. The molecule has 0 amide bonds. The van der Waals surface area contributed by atoms with Crippen molar-refractivity contribution in [2.45, 2.75) is 30.7 Å². The van der Waals surface area contributed by atoms with Crippen LogP contribution in [0, 0.1) is 6.92 Å². The summed E-state index contributed by atoms with van der Waals surface area (Å²) in [6.07, 6.45) is 1.71. The summed E-state index contributed by atoms with van der Waals surface area (Å²) in [5, 5.41) is 0. The fraction of sp³-hybridized carbons (Fsp3) is 0.500. The van der Waals surface area contributed by atoms with Gasteiger partial charge in [0, 0.05) is 17.1 Å². The molecule has 1 heterocycles. The molecule has 1 fully saturated rings. The maximum absolute atomic E-state index is 12.2. The predicted molar refractivity (Wildman–Crippen MR) is 73.0 cm³/mol. The van der Waals surface area contributed by atoms with Crippen LogP contribution in [0.25, 0.3) is 0 Å². The summed E-state index contributed by atoms with van der Waals surface area (Å²) < 4.78 is 33.0. The molecule has 1 aromatic carbocycles. The fourth-order valence-corrected chi connectivity index (χ4v) is 4.39. The summed E-state index contributed by atoms with van der Waals surface area (Å²) in [6.45, 7) is 3.08. The van der Waals surface area contributed by atoms with Crippen molar-refractivity contribution in [1.82, 2.24) is 4.72 Å². The minimum absolute atomic E-state index is 0.128. The van der Waals surface area contributed by atoms with E-state index in [-0.39, 0.29) is 10.9 Å². The van der Waals surface area contributed by atoms with Crippen molar-refractivity contribution in [1.29, 1.82) is 0 Å². The Kier molecular flexibility index (Phi) is 4.42. The van der Waals surface area contributed by atoms with Gasteiger partial charge in [-0.25, -0.2) is 13.1 Å². The van der Waals surface area contributed by atoms with Gasteiger partial charge in [0.05, 0.1) is 11.5 Å². The standard InChI is InChI=1S/C12H16BrNO3S/c1-9-4-5-12(11(13)7-9)18(15,16)14-10-3-2-6-17-8-10/h4-5,7,10,14H,2-3,6,8H2,1H3. The Hall–Kier alpha value is -0.430. The third kappa shape index (κ3) is 3.32. The number of benzene rings is 1. The number of nitrogens with one attached hydrogen (secondary N) is 1.